The number of hydrogen-bond acceptors (Lipinski definition) is 8. The number of pyridine rings is 1. The molecule has 0 bridgehead atoms. The van der Waals surface area contributed by atoms with Crippen LogP contribution in [0.3, 0.4) is 0 Å². The first kappa shape index (κ1) is 22.7. The van der Waals surface area contributed by atoms with Crippen LogP contribution in [0, 0.1) is 5.41 Å². The molecule has 0 aliphatic heterocycles. The van der Waals surface area contributed by atoms with Gasteiger partial charge in [0.2, 0.25) is 5.78 Å². The van der Waals surface area contributed by atoms with Crippen molar-refractivity contribution >= 4 is 28.9 Å². The molecule has 1 amide bonds. The Morgan fingerprint density at radius 1 is 1.16 bits per heavy atom. The number of nitrogens with zero attached hydrogens (tertiary/aromatic N) is 4. The Balaban J connectivity index is 1.77. The second kappa shape index (κ2) is 9.88. The van der Waals surface area contributed by atoms with Gasteiger partial charge in [-0.3, -0.25) is 14.6 Å². The Hall–Kier alpha value is -3.98. The topological polar surface area (TPSA) is 138 Å². The van der Waals surface area contributed by atoms with Gasteiger partial charge in [-0.1, -0.05) is 24.3 Å². The largest absolute Gasteiger partial charge is 0.382 e. The predicted molar refractivity (Wildman–Crippen MR) is 124 cm³/mol. The van der Waals surface area contributed by atoms with E-state index >= 15 is 0 Å². The van der Waals surface area contributed by atoms with Gasteiger partial charge < -0.3 is 21.4 Å². The number of benzene rings is 1. The molecule has 4 N–H and O–H groups in total. The number of Topliss-reactive ketones (excluding diaryl/α,β-unsaturated/α-hetero) is 1. The maximum Gasteiger partial charge on any atom is 0.278 e. The number of nitrogen functional groups attached to an aromatic ring is 1. The second-order valence-electron chi connectivity index (χ2n) is 7.59. The third-order valence-corrected chi connectivity index (χ3v) is 5.03. The normalized spacial score (nSPS) is 11.8. The Labute approximate surface area is 186 Å². The van der Waals surface area contributed by atoms with Crippen molar-refractivity contribution in [3.8, 4) is 11.3 Å². The molecule has 2 aromatic heterocycles. The van der Waals surface area contributed by atoms with E-state index in [0.29, 0.717) is 28.9 Å². The molecule has 1 atom stereocenters. The van der Waals surface area contributed by atoms with Gasteiger partial charge in [0.15, 0.2) is 11.5 Å². The first-order chi connectivity index (χ1) is 15.3. The van der Waals surface area contributed by atoms with E-state index in [1.807, 2.05) is 25.9 Å². The molecule has 9 nitrogen and oxygen atoms in total. The van der Waals surface area contributed by atoms with Crippen LogP contribution in [0.2, 0.25) is 0 Å². The Morgan fingerprint density at radius 2 is 1.88 bits per heavy atom. The summed E-state index contributed by atoms with van der Waals surface area (Å²) in [5.41, 5.74) is 7.94. The van der Waals surface area contributed by atoms with Crippen LogP contribution < -0.4 is 11.1 Å². The molecule has 3 rings (SSSR count). The van der Waals surface area contributed by atoms with Gasteiger partial charge in [0.25, 0.3) is 5.91 Å². The third-order valence-electron chi connectivity index (χ3n) is 5.03. The molecule has 3 aromatic rings. The number of nitrogens with two attached hydrogens (primary N) is 1. The molecular weight excluding hydrogens is 406 g/mol. The molecule has 9 heteroatoms. The van der Waals surface area contributed by atoms with Crippen LogP contribution in [0.1, 0.15) is 34.2 Å². The van der Waals surface area contributed by atoms with Gasteiger partial charge in [0.1, 0.15) is 0 Å². The summed E-state index contributed by atoms with van der Waals surface area (Å²) in [5, 5.41) is 10.8. The standard InChI is InChI=1S/C23H25N7O2/c1-14(30(2)3)11-18(24)21(31)16-8-6-15(7-9-16)19-13-27-22(25)20(29-19)23(32)28-17-5-4-10-26-12-17/h4-10,12-14,24H,11H2,1-3H3,(H2,25,27)(H,28,32). The summed E-state index contributed by atoms with van der Waals surface area (Å²) in [6.45, 7) is 1.97. The minimum atomic E-state index is -0.500. The van der Waals surface area contributed by atoms with Gasteiger partial charge in [-0.25, -0.2) is 9.97 Å². The molecule has 1 aromatic carbocycles. The lowest BCUT2D eigenvalue weighted by Crippen LogP contribution is -2.29. The van der Waals surface area contributed by atoms with Crippen LogP contribution >= 0.6 is 0 Å². The van der Waals surface area contributed by atoms with Crippen LogP contribution in [-0.4, -0.2) is 57.4 Å². The lowest BCUT2D eigenvalue weighted by Gasteiger charge is -2.19. The van der Waals surface area contributed by atoms with Gasteiger partial charge in [-0.05, 0) is 33.2 Å². The molecule has 0 spiro atoms. The van der Waals surface area contributed by atoms with Crippen molar-refractivity contribution < 1.29 is 9.59 Å². The molecule has 0 saturated heterocycles. The number of rotatable bonds is 8. The molecule has 32 heavy (non-hydrogen) atoms. The Bertz CT molecular complexity index is 1130. The number of nitrogens with one attached hydrogen (secondary N) is 2. The molecule has 2 heterocycles. The summed E-state index contributed by atoms with van der Waals surface area (Å²) in [4.78, 5) is 39.5. The zero-order valence-electron chi connectivity index (χ0n) is 18.2. The summed E-state index contributed by atoms with van der Waals surface area (Å²) < 4.78 is 0. The summed E-state index contributed by atoms with van der Waals surface area (Å²) in [6, 6.07) is 10.2. The number of hydrogen-bond donors (Lipinski definition) is 3. The van der Waals surface area contributed by atoms with Crippen LogP contribution in [0.25, 0.3) is 11.3 Å². The highest BCUT2D eigenvalue weighted by Gasteiger charge is 2.18. The molecule has 0 aliphatic rings. The molecule has 0 radical (unpaired) electrons. The van der Waals surface area contributed by atoms with E-state index in [4.69, 9.17) is 11.1 Å². The van der Waals surface area contributed by atoms with Crippen molar-refractivity contribution in [1.82, 2.24) is 19.9 Å². The van der Waals surface area contributed by atoms with Crippen LogP contribution in [0.4, 0.5) is 11.5 Å². The number of amides is 1. The minimum Gasteiger partial charge on any atom is -0.382 e. The molecule has 0 saturated carbocycles. The zero-order chi connectivity index (χ0) is 23.3. The maximum atomic E-state index is 12.6. The fourth-order valence-corrected chi connectivity index (χ4v) is 2.87. The highest BCUT2D eigenvalue weighted by molar-refractivity contribution is 6.45. The molecule has 1 unspecified atom stereocenters. The Kier molecular flexibility index (Phi) is 7.01. The van der Waals surface area contributed by atoms with Crippen LogP contribution in [0.15, 0.2) is 55.0 Å². The van der Waals surface area contributed by atoms with Crippen LogP contribution in [-0.2, 0) is 0 Å². The second-order valence-corrected chi connectivity index (χ2v) is 7.59. The third kappa shape index (κ3) is 5.38. The SMILES string of the molecule is CC(CC(=N)C(=O)c1ccc(-c2cnc(N)c(C(=O)Nc3cccnc3)n2)cc1)N(C)C. The monoisotopic (exact) mass is 431 g/mol. The fourth-order valence-electron chi connectivity index (χ4n) is 2.87. The van der Waals surface area contributed by atoms with E-state index in [-0.39, 0.29) is 29.0 Å². The lowest BCUT2D eigenvalue weighted by atomic mass is 10.00. The fraction of sp³-hybridized carbons (Fsp3) is 0.217. The van der Waals surface area contributed by atoms with Gasteiger partial charge in [-0.2, -0.15) is 0 Å². The number of carbonyl (C=O) groups is 2. The van der Waals surface area contributed by atoms with Crippen molar-refractivity contribution in [3.05, 3.63) is 66.2 Å². The Morgan fingerprint density at radius 3 is 2.50 bits per heavy atom. The first-order valence-electron chi connectivity index (χ1n) is 9.99. The summed E-state index contributed by atoms with van der Waals surface area (Å²) >= 11 is 0. The summed E-state index contributed by atoms with van der Waals surface area (Å²) in [7, 11) is 3.83. The van der Waals surface area contributed by atoms with Crippen molar-refractivity contribution in [1.29, 1.82) is 5.41 Å². The van der Waals surface area contributed by atoms with E-state index in [2.05, 4.69) is 20.3 Å². The van der Waals surface area contributed by atoms with Gasteiger partial charge in [-0.15, -0.1) is 0 Å². The smallest absolute Gasteiger partial charge is 0.278 e. The van der Waals surface area contributed by atoms with E-state index in [1.54, 1.807) is 42.6 Å². The average Bonchev–Trinajstić information content (AvgIpc) is 2.79. The van der Waals surface area contributed by atoms with Gasteiger partial charge >= 0.3 is 0 Å². The van der Waals surface area contributed by atoms with Crippen molar-refractivity contribution in [2.24, 2.45) is 0 Å². The highest BCUT2D eigenvalue weighted by atomic mass is 16.2. The average molecular weight is 432 g/mol. The van der Waals surface area contributed by atoms with E-state index in [9.17, 15) is 9.59 Å². The van der Waals surface area contributed by atoms with Crippen LogP contribution in [0.5, 0.6) is 0 Å². The number of aromatic nitrogens is 3. The van der Waals surface area contributed by atoms with E-state index in [0.717, 1.165) is 0 Å². The quantitative estimate of drug-likeness (QED) is 0.368. The maximum absolute atomic E-state index is 12.6. The molecule has 0 fully saturated rings. The van der Waals surface area contributed by atoms with Crippen molar-refractivity contribution in [2.45, 2.75) is 19.4 Å². The number of anilines is 2. The molecule has 164 valence electrons. The lowest BCUT2D eigenvalue weighted by molar-refractivity contribution is 0.102. The summed E-state index contributed by atoms with van der Waals surface area (Å²) in [5.74, 6) is -0.810. The van der Waals surface area contributed by atoms with E-state index < -0.39 is 5.91 Å². The predicted octanol–water partition coefficient (Wildman–Crippen LogP) is 2.92. The number of carbonyl (C=O) groups excluding carboxylic acids is 2. The zero-order valence-corrected chi connectivity index (χ0v) is 18.2. The molecule has 0 aliphatic carbocycles. The van der Waals surface area contributed by atoms with Crippen molar-refractivity contribution in [2.75, 3.05) is 25.1 Å². The highest BCUT2D eigenvalue weighted by Crippen LogP contribution is 2.20. The van der Waals surface area contributed by atoms with E-state index in [1.165, 1.54) is 12.4 Å². The molecular formula is C23H25N7O2. The van der Waals surface area contributed by atoms with Crippen molar-refractivity contribution in [3.63, 3.8) is 0 Å². The van der Waals surface area contributed by atoms with Gasteiger partial charge in [0.05, 0.1) is 29.5 Å². The minimum absolute atomic E-state index is 0.00500. The van der Waals surface area contributed by atoms with Gasteiger partial charge in [0, 0.05) is 29.8 Å². The summed E-state index contributed by atoms with van der Waals surface area (Å²) in [6.07, 6.45) is 4.95. The number of ketones is 1. The first-order valence-corrected chi connectivity index (χ1v) is 9.99.